The molecule has 0 aromatic rings. The fourth-order valence-corrected chi connectivity index (χ4v) is 7.31. The second-order valence-corrected chi connectivity index (χ2v) is 14.2. The zero-order chi connectivity index (χ0) is 34.1. The Labute approximate surface area is 272 Å². The summed E-state index contributed by atoms with van der Waals surface area (Å²) in [5.41, 5.74) is 2.13. The van der Waals surface area contributed by atoms with E-state index in [2.05, 4.69) is 13.0 Å². The van der Waals surface area contributed by atoms with Crippen molar-refractivity contribution < 1.29 is 43.8 Å². The SMILES string of the molecule is CO[C@@H](C[C@@H](C)C/C(C)=C/[C@@H](C)C(=O)C[C@H](O)[C@@H](C)[C@H](OC)/C(C)=C/C1CC[C@@H](O)[C@H](OC)C1)[C@H]1OC(C)(O)[C@H](C)C[C@@H]1OC. The molecular formula is C36H64O9. The minimum Gasteiger partial charge on any atom is -0.392 e. The third kappa shape index (κ3) is 11.5. The first-order valence-corrected chi connectivity index (χ1v) is 16.8. The fourth-order valence-electron chi connectivity index (χ4n) is 7.31. The maximum atomic E-state index is 13.2. The Morgan fingerprint density at radius 3 is 2.22 bits per heavy atom. The van der Waals surface area contributed by atoms with Gasteiger partial charge in [0.2, 0.25) is 0 Å². The van der Waals surface area contributed by atoms with E-state index in [1.54, 1.807) is 35.4 Å². The number of ketones is 1. The highest BCUT2D eigenvalue weighted by Gasteiger charge is 2.46. The molecule has 0 radical (unpaired) electrons. The zero-order valence-electron chi connectivity index (χ0n) is 29.8. The summed E-state index contributed by atoms with van der Waals surface area (Å²) >= 11 is 0. The van der Waals surface area contributed by atoms with Crippen LogP contribution < -0.4 is 0 Å². The van der Waals surface area contributed by atoms with Gasteiger partial charge in [-0.2, -0.15) is 0 Å². The first-order valence-electron chi connectivity index (χ1n) is 16.8. The van der Waals surface area contributed by atoms with Gasteiger partial charge < -0.3 is 39.0 Å². The highest BCUT2D eigenvalue weighted by Crippen LogP contribution is 2.37. The van der Waals surface area contributed by atoms with Crippen molar-refractivity contribution >= 4 is 5.78 Å². The highest BCUT2D eigenvalue weighted by molar-refractivity contribution is 5.82. The Hall–Kier alpha value is -1.17. The van der Waals surface area contributed by atoms with Crippen molar-refractivity contribution in [3.8, 4) is 0 Å². The molecule has 0 aromatic carbocycles. The van der Waals surface area contributed by atoms with Crippen molar-refractivity contribution in [2.24, 2.45) is 29.6 Å². The molecule has 1 aliphatic carbocycles. The molecule has 0 amide bonds. The minimum atomic E-state index is -1.24. The van der Waals surface area contributed by atoms with Gasteiger partial charge in [-0.3, -0.25) is 4.79 Å². The summed E-state index contributed by atoms with van der Waals surface area (Å²) in [6, 6.07) is 0. The van der Waals surface area contributed by atoms with E-state index in [-0.39, 0.29) is 72.3 Å². The molecule has 13 atom stereocenters. The monoisotopic (exact) mass is 640 g/mol. The van der Waals surface area contributed by atoms with Gasteiger partial charge in [0.25, 0.3) is 0 Å². The van der Waals surface area contributed by atoms with Crippen LogP contribution in [0.25, 0.3) is 0 Å². The van der Waals surface area contributed by atoms with E-state index >= 15 is 0 Å². The Kier molecular flexibility index (Phi) is 16.4. The molecule has 3 N–H and O–H groups in total. The molecule has 2 rings (SSSR count). The van der Waals surface area contributed by atoms with E-state index in [1.165, 1.54) is 0 Å². The second-order valence-electron chi connectivity index (χ2n) is 14.2. The van der Waals surface area contributed by atoms with Crippen molar-refractivity contribution in [1.82, 2.24) is 0 Å². The maximum absolute atomic E-state index is 13.2. The van der Waals surface area contributed by atoms with Crippen LogP contribution in [0.2, 0.25) is 0 Å². The molecule has 2 aliphatic rings. The minimum absolute atomic E-state index is 0.00768. The molecule has 0 bridgehead atoms. The van der Waals surface area contributed by atoms with E-state index < -0.39 is 18.0 Å². The van der Waals surface area contributed by atoms with Gasteiger partial charge in [-0.1, -0.05) is 45.4 Å². The average Bonchev–Trinajstić information content (AvgIpc) is 2.97. The molecule has 45 heavy (non-hydrogen) atoms. The van der Waals surface area contributed by atoms with Gasteiger partial charge in [0.05, 0.1) is 36.6 Å². The van der Waals surface area contributed by atoms with E-state index in [0.717, 1.165) is 30.4 Å². The highest BCUT2D eigenvalue weighted by atomic mass is 16.7. The quantitative estimate of drug-likeness (QED) is 0.183. The summed E-state index contributed by atoms with van der Waals surface area (Å²) in [6.45, 7) is 13.7. The summed E-state index contributed by atoms with van der Waals surface area (Å²) in [5, 5.41) is 32.0. The Morgan fingerprint density at radius 2 is 1.64 bits per heavy atom. The van der Waals surface area contributed by atoms with E-state index in [0.29, 0.717) is 19.3 Å². The molecule has 1 saturated heterocycles. The average molecular weight is 641 g/mol. The zero-order valence-corrected chi connectivity index (χ0v) is 29.8. The van der Waals surface area contributed by atoms with E-state index in [9.17, 15) is 20.1 Å². The maximum Gasteiger partial charge on any atom is 0.165 e. The van der Waals surface area contributed by atoms with Crippen LogP contribution in [-0.2, 0) is 28.5 Å². The van der Waals surface area contributed by atoms with Gasteiger partial charge in [-0.15, -0.1) is 0 Å². The standard InChI is InChI=1S/C36H64O9/c1-21(14-22(2)16-32(42-9)35-33(43-10)18-25(5)36(7,40)45-35)15-23(3)29(38)20-30(39)26(6)34(44-11)24(4)17-27-12-13-28(37)31(19-27)41-8/h15,17,22-23,25-28,30-35,37,39-40H,12-14,16,18-20H2,1-11H3/b21-15+,24-17+/t22-,23+,25+,26+,27?,28+,30-,31+,32-,33-,34+,35+,36?/m0/s1. The Balaban J connectivity index is 1.95. The van der Waals surface area contributed by atoms with Crippen LogP contribution >= 0.6 is 0 Å². The summed E-state index contributed by atoms with van der Waals surface area (Å²) in [6.07, 6.45) is 6.18. The summed E-state index contributed by atoms with van der Waals surface area (Å²) in [4.78, 5) is 13.2. The molecule has 1 heterocycles. The lowest BCUT2D eigenvalue weighted by molar-refractivity contribution is -0.312. The number of hydrogen-bond donors (Lipinski definition) is 3. The van der Waals surface area contributed by atoms with Crippen molar-refractivity contribution in [1.29, 1.82) is 0 Å². The van der Waals surface area contributed by atoms with Crippen LogP contribution in [0.15, 0.2) is 23.3 Å². The molecule has 0 aromatic heterocycles. The summed E-state index contributed by atoms with van der Waals surface area (Å²) in [5.74, 6) is -1.38. The lowest BCUT2D eigenvalue weighted by atomic mass is 9.82. The molecular weight excluding hydrogens is 576 g/mol. The number of hydrogen-bond acceptors (Lipinski definition) is 9. The first kappa shape index (κ1) is 40.0. The van der Waals surface area contributed by atoms with Crippen molar-refractivity contribution in [2.75, 3.05) is 28.4 Å². The van der Waals surface area contributed by atoms with Gasteiger partial charge in [-0.05, 0) is 76.7 Å². The van der Waals surface area contributed by atoms with Crippen LogP contribution in [0.3, 0.4) is 0 Å². The topological polar surface area (TPSA) is 124 Å². The number of carbonyl (C=O) groups excluding carboxylic acids is 1. The molecule has 1 aliphatic heterocycles. The molecule has 2 unspecified atom stereocenters. The van der Waals surface area contributed by atoms with Crippen LogP contribution in [0, 0.1) is 29.6 Å². The van der Waals surface area contributed by atoms with Crippen molar-refractivity contribution in [2.45, 2.75) is 142 Å². The van der Waals surface area contributed by atoms with Gasteiger partial charge in [0.15, 0.2) is 5.79 Å². The number of carbonyl (C=O) groups is 1. The molecule has 0 spiro atoms. The second kappa shape index (κ2) is 18.4. The lowest BCUT2D eigenvalue weighted by Crippen LogP contribution is -2.56. The number of aliphatic hydroxyl groups is 3. The predicted octanol–water partition coefficient (Wildman–Crippen LogP) is 5.24. The third-order valence-electron chi connectivity index (χ3n) is 10.4. The smallest absolute Gasteiger partial charge is 0.165 e. The first-order chi connectivity index (χ1) is 21.1. The molecule has 1 saturated carbocycles. The van der Waals surface area contributed by atoms with E-state index in [1.807, 2.05) is 40.7 Å². The normalized spacial score (nSPS) is 34.1. The van der Waals surface area contributed by atoms with Gasteiger partial charge in [0, 0.05) is 52.6 Å². The Morgan fingerprint density at radius 1 is 1.00 bits per heavy atom. The number of allylic oxidation sites excluding steroid dienone is 3. The number of rotatable bonds is 17. The lowest BCUT2D eigenvalue weighted by Gasteiger charge is -2.46. The van der Waals surface area contributed by atoms with Crippen molar-refractivity contribution in [3.63, 3.8) is 0 Å². The summed E-state index contributed by atoms with van der Waals surface area (Å²) < 4.78 is 28.9. The van der Waals surface area contributed by atoms with Crippen LogP contribution in [0.5, 0.6) is 0 Å². The predicted molar refractivity (Wildman–Crippen MR) is 176 cm³/mol. The van der Waals surface area contributed by atoms with Gasteiger partial charge >= 0.3 is 0 Å². The number of aliphatic hydroxyl groups excluding tert-OH is 2. The summed E-state index contributed by atoms with van der Waals surface area (Å²) in [7, 11) is 6.60. The Bertz CT molecular complexity index is 962. The number of methoxy groups -OCH3 is 4. The molecule has 2 fully saturated rings. The van der Waals surface area contributed by atoms with Crippen molar-refractivity contribution in [3.05, 3.63) is 23.3 Å². The van der Waals surface area contributed by atoms with Crippen LogP contribution in [0.1, 0.15) is 93.4 Å². The molecule has 9 nitrogen and oxygen atoms in total. The molecule has 9 heteroatoms. The molecule has 262 valence electrons. The largest absolute Gasteiger partial charge is 0.392 e. The van der Waals surface area contributed by atoms with Crippen LogP contribution in [-0.4, -0.2) is 98.1 Å². The van der Waals surface area contributed by atoms with Crippen LogP contribution in [0.4, 0.5) is 0 Å². The van der Waals surface area contributed by atoms with Gasteiger partial charge in [0.1, 0.15) is 11.9 Å². The number of Topliss-reactive ketones (excluding diaryl/α,β-unsaturated/α-hetero) is 1. The van der Waals surface area contributed by atoms with E-state index in [4.69, 9.17) is 23.7 Å². The third-order valence-corrected chi connectivity index (χ3v) is 10.4. The number of ether oxygens (including phenoxy) is 5. The fraction of sp³-hybridized carbons (Fsp3) is 0.861. The van der Waals surface area contributed by atoms with Gasteiger partial charge in [-0.25, -0.2) is 0 Å².